The van der Waals surface area contributed by atoms with E-state index in [1.807, 2.05) is 12.1 Å². The minimum atomic E-state index is 0.311. The van der Waals surface area contributed by atoms with Crippen LogP contribution in [-0.4, -0.2) is 10.1 Å². The molecule has 0 fully saturated rings. The molecule has 3 aromatic carbocycles. The van der Waals surface area contributed by atoms with Crippen molar-refractivity contribution in [2.24, 2.45) is 5.92 Å². The maximum atomic E-state index is 9.86. The molecular weight excluding hydrogens is 394 g/mol. The third-order valence-electron chi connectivity index (χ3n) is 6.22. The van der Waals surface area contributed by atoms with Crippen LogP contribution in [0.5, 0.6) is 5.75 Å². The number of allylic oxidation sites excluding steroid dienone is 2. The molecule has 1 aromatic heterocycles. The van der Waals surface area contributed by atoms with Crippen molar-refractivity contribution >= 4 is 5.57 Å². The van der Waals surface area contributed by atoms with Crippen LogP contribution >= 0.6 is 0 Å². The van der Waals surface area contributed by atoms with Crippen LogP contribution in [0.1, 0.15) is 35.4 Å². The molecule has 0 spiro atoms. The highest BCUT2D eigenvalue weighted by atomic mass is 16.4. The number of aromatic hydroxyl groups is 1. The van der Waals surface area contributed by atoms with E-state index in [-0.39, 0.29) is 0 Å². The van der Waals surface area contributed by atoms with Crippen molar-refractivity contribution in [1.29, 1.82) is 0 Å². The molecule has 4 aromatic rings. The quantitative estimate of drug-likeness (QED) is 0.366. The van der Waals surface area contributed by atoms with Gasteiger partial charge in [0.05, 0.1) is 0 Å². The summed E-state index contributed by atoms with van der Waals surface area (Å²) >= 11 is 0. The third kappa shape index (κ3) is 4.11. The highest BCUT2D eigenvalue weighted by Gasteiger charge is 2.27. The second-order valence-corrected chi connectivity index (χ2v) is 8.74. The van der Waals surface area contributed by atoms with Gasteiger partial charge in [-0.25, -0.2) is 4.98 Å². The first-order valence-corrected chi connectivity index (χ1v) is 11.2. The zero-order chi connectivity index (χ0) is 22.1. The van der Waals surface area contributed by atoms with Crippen LogP contribution in [0.2, 0.25) is 0 Å². The molecule has 1 atom stereocenters. The molecule has 0 saturated carbocycles. The van der Waals surface area contributed by atoms with Crippen LogP contribution < -0.4 is 0 Å². The van der Waals surface area contributed by atoms with Crippen LogP contribution in [-0.2, 0) is 6.42 Å². The lowest BCUT2D eigenvalue weighted by molar-refractivity contribution is 0.474. The number of hydrogen-bond donors (Lipinski definition) is 1. The number of oxazole rings is 1. The summed E-state index contributed by atoms with van der Waals surface area (Å²) in [6.07, 6.45) is 5.20. The first kappa shape index (κ1) is 20.3. The van der Waals surface area contributed by atoms with E-state index >= 15 is 0 Å². The molecule has 0 saturated heterocycles. The predicted molar refractivity (Wildman–Crippen MR) is 129 cm³/mol. The van der Waals surface area contributed by atoms with E-state index in [2.05, 4.69) is 74.5 Å². The van der Waals surface area contributed by atoms with Crippen molar-refractivity contribution in [2.75, 3.05) is 0 Å². The van der Waals surface area contributed by atoms with Crippen molar-refractivity contribution in [3.8, 4) is 28.3 Å². The van der Waals surface area contributed by atoms with Gasteiger partial charge in [-0.2, -0.15) is 0 Å². The fourth-order valence-corrected chi connectivity index (χ4v) is 4.46. The highest BCUT2D eigenvalue weighted by Crippen LogP contribution is 2.41. The molecule has 32 heavy (non-hydrogen) atoms. The smallest absolute Gasteiger partial charge is 0.223 e. The molecule has 3 nitrogen and oxygen atoms in total. The van der Waals surface area contributed by atoms with Gasteiger partial charge in [-0.05, 0) is 56.7 Å². The third-order valence-corrected chi connectivity index (χ3v) is 6.22. The van der Waals surface area contributed by atoms with E-state index in [0.717, 1.165) is 47.4 Å². The Kier molecular flexibility index (Phi) is 5.40. The summed E-state index contributed by atoms with van der Waals surface area (Å²) < 4.78 is 6.47. The molecule has 1 N–H and O–H groups in total. The Morgan fingerprint density at radius 2 is 1.59 bits per heavy atom. The average molecular weight is 422 g/mol. The van der Waals surface area contributed by atoms with Crippen LogP contribution in [0, 0.1) is 19.8 Å². The van der Waals surface area contributed by atoms with Crippen molar-refractivity contribution < 1.29 is 9.52 Å². The Balaban J connectivity index is 1.54. The number of rotatable bonds is 5. The zero-order valence-corrected chi connectivity index (χ0v) is 18.5. The maximum Gasteiger partial charge on any atom is 0.223 e. The van der Waals surface area contributed by atoms with Gasteiger partial charge in [0.25, 0.3) is 0 Å². The normalized spacial score (nSPS) is 15.7. The van der Waals surface area contributed by atoms with E-state index in [0.29, 0.717) is 17.6 Å². The lowest BCUT2D eigenvalue weighted by Crippen LogP contribution is -2.03. The topological polar surface area (TPSA) is 46.3 Å². The Labute approximate surface area is 189 Å². The molecular formula is C29H27NO2. The molecule has 1 aliphatic carbocycles. The summed E-state index contributed by atoms with van der Waals surface area (Å²) in [7, 11) is 0. The molecule has 0 aliphatic heterocycles. The van der Waals surface area contributed by atoms with Gasteiger partial charge in [0.2, 0.25) is 5.89 Å². The summed E-state index contributed by atoms with van der Waals surface area (Å²) in [6.45, 7) is 4.18. The van der Waals surface area contributed by atoms with E-state index in [9.17, 15) is 5.11 Å². The largest absolute Gasteiger partial charge is 0.508 e. The second-order valence-electron chi connectivity index (χ2n) is 8.74. The number of phenolic OH excluding ortho intramolecular Hbond substituents is 1. The van der Waals surface area contributed by atoms with Gasteiger partial charge in [0.15, 0.2) is 5.76 Å². The Hall–Kier alpha value is -3.59. The molecule has 3 heteroatoms. The minimum absolute atomic E-state index is 0.311. The van der Waals surface area contributed by atoms with Crippen molar-refractivity contribution in [2.45, 2.75) is 33.1 Å². The first-order chi connectivity index (χ1) is 15.6. The van der Waals surface area contributed by atoms with Gasteiger partial charge in [0.1, 0.15) is 11.4 Å². The molecule has 0 bridgehead atoms. The van der Waals surface area contributed by atoms with Crippen molar-refractivity contribution in [3.05, 3.63) is 101 Å². The molecule has 5 rings (SSSR count). The monoisotopic (exact) mass is 421 g/mol. The number of benzene rings is 3. The highest BCUT2D eigenvalue weighted by molar-refractivity contribution is 5.79. The predicted octanol–water partition coefficient (Wildman–Crippen LogP) is 7.37. The van der Waals surface area contributed by atoms with E-state index in [4.69, 9.17) is 9.40 Å². The standard InChI is InChI=1S/C29H27NO2/c1-19-9-13-22(14-10-19)27-28(23-15-11-20(2)12-16-23)32-29(30-27)26-8-4-6-24(26)17-21-5-3-7-25(31)18-21/h3,5,7-16,18,24,31H,4,6,17H2,1-2H3. The van der Waals surface area contributed by atoms with Gasteiger partial charge < -0.3 is 9.52 Å². The molecule has 0 radical (unpaired) electrons. The van der Waals surface area contributed by atoms with E-state index in [1.165, 1.54) is 16.7 Å². The van der Waals surface area contributed by atoms with E-state index in [1.54, 1.807) is 6.07 Å². The van der Waals surface area contributed by atoms with E-state index < -0.39 is 0 Å². The van der Waals surface area contributed by atoms with Crippen LogP contribution in [0.15, 0.2) is 83.3 Å². The lowest BCUT2D eigenvalue weighted by atomic mass is 9.93. The number of nitrogens with zero attached hydrogens (tertiary/aromatic N) is 1. The summed E-state index contributed by atoms with van der Waals surface area (Å²) in [5, 5.41) is 9.86. The van der Waals surface area contributed by atoms with Crippen molar-refractivity contribution in [1.82, 2.24) is 4.98 Å². The van der Waals surface area contributed by atoms with Crippen LogP contribution in [0.25, 0.3) is 28.2 Å². The number of aryl methyl sites for hydroxylation is 2. The summed E-state index contributed by atoms with van der Waals surface area (Å²) in [4.78, 5) is 5.02. The second kappa shape index (κ2) is 8.51. The molecule has 1 unspecified atom stereocenters. The van der Waals surface area contributed by atoms with Gasteiger partial charge in [0, 0.05) is 16.7 Å². The summed E-state index contributed by atoms with van der Waals surface area (Å²) in [5.74, 6) is 2.16. The number of hydrogen-bond acceptors (Lipinski definition) is 3. The summed E-state index contributed by atoms with van der Waals surface area (Å²) in [5.41, 5.74) is 7.71. The van der Waals surface area contributed by atoms with Crippen LogP contribution in [0.4, 0.5) is 0 Å². The lowest BCUT2D eigenvalue weighted by Gasteiger charge is -2.13. The average Bonchev–Trinajstić information content (AvgIpc) is 3.42. The molecule has 1 aliphatic rings. The molecule has 0 amide bonds. The minimum Gasteiger partial charge on any atom is -0.508 e. The van der Waals surface area contributed by atoms with Gasteiger partial charge in [-0.15, -0.1) is 0 Å². The van der Waals surface area contributed by atoms with Gasteiger partial charge >= 0.3 is 0 Å². The number of aromatic nitrogens is 1. The fourth-order valence-electron chi connectivity index (χ4n) is 4.46. The summed E-state index contributed by atoms with van der Waals surface area (Å²) in [6, 6.07) is 24.4. The Morgan fingerprint density at radius 1 is 0.906 bits per heavy atom. The molecule has 1 heterocycles. The number of phenols is 1. The molecule has 160 valence electrons. The maximum absolute atomic E-state index is 9.86. The van der Waals surface area contributed by atoms with Gasteiger partial charge in [-0.1, -0.05) is 77.9 Å². The van der Waals surface area contributed by atoms with Crippen LogP contribution in [0.3, 0.4) is 0 Å². The fraction of sp³-hybridized carbons (Fsp3) is 0.207. The first-order valence-electron chi connectivity index (χ1n) is 11.2. The zero-order valence-electron chi connectivity index (χ0n) is 18.5. The van der Waals surface area contributed by atoms with Crippen molar-refractivity contribution in [3.63, 3.8) is 0 Å². The SMILES string of the molecule is Cc1ccc(-c2nc(C3=CCCC3Cc3cccc(O)c3)oc2-c2ccc(C)cc2)cc1. The Bertz CT molecular complexity index is 1200. The Morgan fingerprint density at radius 3 is 2.28 bits per heavy atom. The van der Waals surface area contributed by atoms with Gasteiger partial charge in [-0.3, -0.25) is 0 Å².